The van der Waals surface area contributed by atoms with Crippen molar-refractivity contribution in [1.82, 2.24) is 5.32 Å². The van der Waals surface area contributed by atoms with Crippen molar-refractivity contribution in [2.75, 3.05) is 11.1 Å². The summed E-state index contributed by atoms with van der Waals surface area (Å²) in [4.78, 5) is 39.6. The van der Waals surface area contributed by atoms with Crippen LogP contribution < -0.4 is 10.6 Å². The number of anilines is 1. The Kier molecular flexibility index (Phi) is 10.0. The number of hydrogen-bond acceptors (Lipinski definition) is 4. The Morgan fingerprint density at radius 3 is 2.28 bits per heavy atom. The standard InChI is InChI=1S/C30H21BrCl2N2O3S/c31-22-14-12-19(13-15-22)27(36)18-39-24-10-5-9-23(17-24)34-30(38)26(16-21-8-4-11-25(32)28(21)33)35-29(37)20-6-2-1-3-7-20/h1-17H,18H2,(H,34,38)(H,35,37)/b26-16-. The first-order chi connectivity index (χ1) is 18.8. The number of carbonyl (C=O) groups excluding carboxylic acids is 3. The summed E-state index contributed by atoms with van der Waals surface area (Å²) in [7, 11) is 0. The minimum atomic E-state index is -0.552. The van der Waals surface area contributed by atoms with E-state index in [0.717, 1.165) is 9.37 Å². The third-order valence-corrected chi connectivity index (χ3v) is 7.79. The van der Waals surface area contributed by atoms with Crippen LogP contribution >= 0.6 is 50.9 Å². The normalized spacial score (nSPS) is 11.1. The number of carbonyl (C=O) groups is 3. The van der Waals surface area contributed by atoms with Crippen molar-refractivity contribution in [2.24, 2.45) is 0 Å². The number of hydrogen-bond donors (Lipinski definition) is 2. The van der Waals surface area contributed by atoms with E-state index in [9.17, 15) is 14.4 Å². The lowest BCUT2D eigenvalue weighted by atomic mass is 10.1. The maximum Gasteiger partial charge on any atom is 0.272 e. The summed E-state index contributed by atoms with van der Waals surface area (Å²) in [6.07, 6.45) is 1.47. The van der Waals surface area contributed by atoms with Gasteiger partial charge >= 0.3 is 0 Å². The van der Waals surface area contributed by atoms with Crippen LogP contribution in [0.1, 0.15) is 26.3 Å². The van der Waals surface area contributed by atoms with Crippen LogP contribution in [-0.4, -0.2) is 23.4 Å². The second kappa shape index (κ2) is 13.6. The highest BCUT2D eigenvalue weighted by Gasteiger charge is 2.17. The molecule has 0 aliphatic rings. The van der Waals surface area contributed by atoms with Crippen molar-refractivity contribution in [1.29, 1.82) is 0 Å². The van der Waals surface area contributed by atoms with E-state index in [1.807, 2.05) is 18.2 Å². The summed E-state index contributed by atoms with van der Waals surface area (Å²) in [6, 6.07) is 27.9. The fraction of sp³-hybridized carbons (Fsp3) is 0.0333. The van der Waals surface area contributed by atoms with Gasteiger partial charge in [-0.15, -0.1) is 11.8 Å². The van der Waals surface area contributed by atoms with Gasteiger partial charge in [-0.2, -0.15) is 0 Å². The topological polar surface area (TPSA) is 75.3 Å². The maximum atomic E-state index is 13.3. The molecular weight excluding hydrogens is 619 g/mol. The van der Waals surface area contributed by atoms with Crippen LogP contribution in [0.15, 0.2) is 112 Å². The Bertz CT molecular complexity index is 1540. The largest absolute Gasteiger partial charge is 0.321 e. The third kappa shape index (κ3) is 8.07. The predicted molar refractivity (Wildman–Crippen MR) is 163 cm³/mol. The van der Waals surface area contributed by atoms with Crippen LogP contribution in [0.2, 0.25) is 10.0 Å². The van der Waals surface area contributed by atoms with Gasteiger partial charge in [-0.05, 0) is 60.2 Å². The van der Waals surface area contributed by atoms with Crippen molar-refractivity contribution >= 4 is 80.3 Å². The lowest BCUT2D eigenvalue weighted by Gasteiger charge is -2.13. The molecule has 39 heavy (non-hydrogen) atoms. The van der Waals surface area contributed by atoms with Crippen molar-refractivity contribution in [3.63, 3.8) is 0 Å². The summed E-state index contributed by atoms with van der Waals surface area (Å²) in [6.45, 7) is 0. The average molecular weight is 640 g/mol. The van der Waals surface area contributed by atoms with E-state index in [2.05, 4.69) is 26.6 Å². The Hall–Kier alpha value is -3.36. The monoisotopic (exact) mass is 638 g/mol. The lowest BCUT2D eigenvalue weighted by molar-refractivity contribution is -0.113. The lowest BCUT2D eigenvalue weighted by Crippen LogP contribution is -2.30. The molecule has 9 heteroatoms. The van der Waals surface area contributed by atoms with Crippen LogP contribution in [0.5, 0.6) is 0 Å². The molecule has 2 N–H and O–H groups in total. The molecule has 4 rings (SSSR count). The average Bonchev–Trinajstić information content (AvgIpc) is 2.94. The van der Waals surface area contributed by atoms with Gasteiger partial charge in [0, 0.05) is 26.2 Å². The Balaban J connectivity index is 1.51. The van der Waals surface area contributed by atoms with Crippen molar-refractivity contribution in [2.45, 2.75) is 4.90 Å². The first-order valence-corrected chi connectivity index (χ1v) is 14.2. The van der Waals surface area contributed by atoms with E-state index in [1.165, 1.54) is 17.8 Å². The zero-order chi connectivity index (χ0) is 27.8. The van der Waals surface area contributed by atoms with Crippen LogP contribution in [-0.2, 0) is 4.79 Å². The Morgan fingerprint density at radius 1 is 0.821 bits per heavy atom. The number of thioether (sulfide) groups is 1. The second-order valence-corrected chi connectivity index (χ2v) is 11.0. The molecule has 0 atom stereocenters. The summed E-state index contributed by atoms with van der Waals surface area (Å²) in [5, 5.41) is 6.08. The zero-order valence-electron chi connectivity index (χ0n) is 20.3. The van der Waals surface area contributed by atoms with E-state index in [1.54, 1.807) is 78.9 Å². The number of benzene rings is 4. The summed E-state index contributed by atoms with van der Waals surface area (Å²) >= 11 is 17.2. The zero-order valence-corrected chi connectivity index (χ0v) is 24.2. The highest BCUT2D eigenvalue weighted by Crippen LogP contribution is 2.28. The van der Waals surface area contributed by atoms with Crippen molar-refractivity contribution in [3.8, 4) is 0 Å². The van der Waals surface area contributed by atoms with Gasteiger partial charge in [-0.25, -0.2) is 0 Å². The molecule has 0 heterocycles. The summed E-state index contributed by atoms with van der Waals surface area (Å²) in [5.41, 5.74) is 1.97. The second-order valence-electron chi connectivity index (χ2n) is 8.22. The Labute approximate surface area is 248 Å². The van der Waals surface area contributed by atoms with Gasteiger partial charge in [-0.1, -0.05) is 87.7 Å². The first-order valence-electron chi connectivity index (χ1n) is 11.7. The molecule has 0 radical (unpaired) electrons. The van der Waals surface area contributed by atoms with Gasteiger partial charge in [0.05, 0.1) is 15.8 Å². The fourth-order valence-corrected chi connectivity index (χ4v) is 4.94. The number of nitrogens with one attached hydrogen (secondary N) is 2. The van der Waals surface area contributed by atoms with Gasteiger partial charge in [0.25, 0.3) is 11.8 Å². The van der Waals surface area contributed by atoms with E-state index in [-0.39, 0.29) is 22.3 Å². The van der Waals surface area contributed by atoms with Crippen LogP contribution in [0, 0.1) is 0 Å². The van der Waals surface area contributed by atoms with E-state index in [4.69, 9.17) is 23.2 Å². The van der Waals surface area contributed by atoms with E-state index in [0.29, 0.717) is 27.4 Å². The van der Waals surface area contributed by atoms with Gasteiger partial charge in [0.1, 0.15) is 5.70 Å². The molecule has 0 aliphatic carbocycles. The van der Waals surface area contributed by atoms with E-state index >= 15 is 0 Å². The number of Topliss-reactive ketones (excluding diaryl/α,β-unsaturated/α-hetero) is 1. The molecule has 0 bridgehead atoms. The molecule has 0 spiro atoms. The maximum absolute atomic E-state index is 13.3. The molecule has 5 nitrogen and oxygen atoms in total. The van der Waals surface area contributed by atoms with Crippen LogP contribution in [0.4, 0.5) is 5.69 Å². The molecule has 0 aromatic heterocycles. The Morgan fingerprint density at radius 2 is 1.54 bits per heavy atom. The van der Waals surface area contributed by atoms with Crippen LogP contribution in [0.3, 0.4) is 0 Å². The molecular formula is C30H21BrCl2N2O3S. The number of halogens is 3. The van der Waals surface area contributed by atoms with Gasteiger partial charge in [0.2, 0.25) is 0 Å². The molecule has 0 unspecified atom stereocenters. The molecule has 0 saturated carbocycles. The molecule has 4 aromatic rings. The summed E-state index contributed by atoms with van der Waals surface area (Å²) in [5.74, 6) is -0.770. The quantitative estimate of drug-likeness (QED) is 0.110. The molecule has 2 amide bonds. The molecule has 196 valence electrons. The minimum absolute atomic E-state index is 0.00539. The van der Waals surface area contributed by atoms with Gasteiger partial charge in [0.15, 0.2) is 5.78 Å². The highest BCUT2D eigenvalue weighted by atomic mass is 79.9. The fourth-order valence-electron chi connectivity index (χ4n) is 3.46. The smallest absolute Gasteiger partial charge is 0.272 e. The third-order valence-electron chi connectivity index (χ3n) is 5.44. The summed E-state index contributed by atoms with van der Waals surface area (Å²) < 4.78 is 0.904. The number of rotatable bonds is 9. The molecule has 0 fully saturated rings. The van der Waals surface area contributed by atoms with E-state index < -0.39 is 11.8 Å². The molecule has 0 saturated heterocycles. The first kappa shape index (κ1) is 28.6. The molecule has 0 aliphatic heterocycles. The number of ketones is 1. The molecule has 4 aromatic carbocycles. The highest BCUT2D eigenvalue weighted by molar-refractivity contribution is 9.10. The van der Waals surface area contributed by atoms with Crippen molar-refractivity contribution < 1.29 is 14.4 Å². The van der Waals surface area contributed by atoms with Crippen molar-refractivity contribution in [3.05, 3.63) is 134 Å². The van der Waals surface area contributed by atoms with Gasteiger partial charge in [-0.3, -0.25) is 14.4 Å². The SMILES string of the molecule is O=C(Nc1cccc(SCC(=O)c2ccc(Br)cc2)c1)/C(=C/c1cccc(Cl)c1Cl)NC(=O)c1ccccc1. The van der Waals surface area contributed by atoms with Gasteiger partial charge < -0.3 is 10.6 Å². The minimum Gasteiger partial charge on any atom is -0.321 e. The number of amides is 2. The predicted octanol–water partition coefficient (Wildman–Crippen LogP) is 8.14. The van der Waals surface area contributed by atoms with Crippen LogP contribution in [0.25, 0.3) is 6.08 Å².